The topological polar surface area (TPSA) is 73.7 Å². The summed E-state index contributed by atoms with van der Waals surface area (Å²) in [6.07, 6.45) is 3.55. The van der Waals surface area contributed by atoms with Crippen LogP contribution in [-0.2, 0) is 6.42 Å². The maximum Gasteiger partial charge on any atom is 0.115 e. The normalized spacial score (nSPS) is 10.3. The highest BCUT2D eigenvalue weighted by molar-refractivity contribution is 6.00. The van der Waals surface area contributed by atoms with E-state index in [1.54, 1.807) is 6.08 Å². The van der Waals surface area contributed by atoms with Gasteiger partial charge in [0.1, 0.15) is 5.84 Å². The summed E-state index contributed by atoms with van der Waals surface area (Å²) in [7, 11) is 0. The Balaban J connectivity index is 2.54. The molecule has 0 aliphatic rings. The maximum atomic E-state index is 7.58. The molecule has 4 N–H and O–H groups in total. The summed E-state index contributed by atoms with van der Waals surface area (Å²) < 4.78 is 0. The molecule has 3 heteroatoms. The van der Waals surface area contributed by atoms with Gasteiger partial charge in [0.25, 0.3) is 0 Å². The van der Waals surface area contributed by atoms with Gasteiger partial charge >= 0.3 is 0 Å². The Morgan fingerprint density at radius 1 is 1.14 bits per heavy atom. The number of hydrogen-bond donors (Lipinski definition) is 3. The van der Waals surface area contributed by atoms with Crippen molar-refractivity contribution in [1.82, 2.24) is 0 Å². The zero-order valence-corrected chi connectivity index (χ0v) is 7.83. The van der Waals surface area contributed by atoms with E-state index in [1.807, 2.05) is 30.3 Å². The van der Waals surface area contributed by atoms with Crippen molar-refractivity contribution in [2.45, 2.75) is 6.42 Å². The van der Waals surface area contributed by atoms with Gasteiger partial charge in [-0.3, -0.25) is 5.41 Å². The monoisotopic (exact) mass is 187 g/mol. The molecule has 72 valence electrons. The fraction of sp³-hybridized carbons (Fsp3) is 0.0909. The summed E-state index contributed by atoms with van der Waals surface area (Å²) in [4.78, 5) is 0. The first-order valence-electron chi connectivity index (χ1n) is 4.32. The number of nitrogens with two attached hydrogens (primary N) is 1. The Morgan fingerprint density at radius 3 is 2.36 bits per heavy atom. The fourth-order valence-corrected chi connectivity index (χ4v) is 1.07. The van der Waals surface area contributed by atoms with E-state index in [0.717, 1.165) is 5.56 Å². The Morgan fingerprint density at radius 2 is 1.79 bits per heavy atom. The predicted molar refractivity (Wildman–Crippen MR) is 58.9 cm³/mol. The molecule has 1 aromatic carbocycles. The van der Waals surface area contributed by atoms with Gasteiger partial charge in [-0.1, -0.05) is 30.3 Å². The molecule has 0 saturated carbocycles. The SMILES string of the molecule is N=C(N)/C=C\C(=N)Cc1ccccc1. The lowest BCUT2D eigenvalue weighted by molar-refractivity contribution is 1.29. The molecule has 0 aromatic heterocycles. The van der Waals surface area contributed by atoms with Crippen LogP contribution in [-0.4, -0.2) is 11.5 Å². The van der Waals surface area contributed by atoms with Crippen LogP contribution in [0.5, 0.6) is 0 Å². The molecule has 1 aromatic rings. The van der Waals surface area contributed by atoms with E-state index >= 15 is 0 Å². The molecule has 0 bridgehead atoms. The first-order chi connectivity index (χ1) is 6.68. The molecule has 0 aliphatic heterocycles. The number of benzene rings is 1. The van der Waals surface area contributed by atoms with Gasteiger partial charge in [-0.15, -0.1) is 0 Å². The van der Waals surface area contributed by atoms with Crippen molar-refractivity contribution in [2.75, 3.05) is 0 Å². The van der Waals surface area contributed by atoms with Crippen molar-refractivity contribution in [3.63, 3.8) is 0 Å². The lowest BCUT2D eigenvalue weighted by Crippen LogP contribution is -2.06. The summed E-state index contributed by atoms with van der Waals surface area (Å²) >= 11 is 0. The van der Waals surface area contributed by atoms with Gasteiger partial charge in [0.2, 0.25) is 0 Å². The van der Waals surface area contributed by atoms with E-state index < -0.39 is 0 Å². The third-order valence-electron chi connectivity index (χ3n) is 1.70. The summed E-state index contributed by atoms with van der Waals surface area (Å²) in [5, 5.41) is 14.5. The van der Waals surface area contributed by atoms with E-state index in [9.17, 15) is 0 Å². The molecule has 0 saturated heterocycles. The van der Waals surface area contributed by atoms with Crippen molar-refractivity contribution in [3.8, 4) is 0 Å². The smallest absolute Gasteiger partial charge is 0.115 e. The first kappa shape index (κ1) is 10.2. The average molecular weight is 187 g/mol. The lowest BCUT2D eigenvalue weighted by atomic mass is 10.1. The second kappa shape index (κ2) is 4.97. The lowest BCUT2D eigenvalue weighted by Gasteiger charge is -1.98. The number of rotatable bonds is 4. The standard InChI is InChI=1S/C11H13N3/c12-10(6-7-11(13)14)8-9-4-2-1-3-5-9/h1-7,12H,8H2,(H3,13,14)/b7-6-,12-10?. The van der Waals surface area contributed by atoms with Gasteiger partial charge in [0.05, 0.1) is 0 Å². The third kappa shape index (κ3) is 3.67. The molecule has 14 heavy (non-hydrogen) atoms. The molecule has 0 unspecified atom stereocenters. The Bertz CT molecular complexity index is 352. The van der Waals surface area contributed by atoms with E-state index in [0.29, 0.717) is 12.1 Å². The van der Waals surface area contributed by atoms with Crippen LogP contribution in [0.2, 0.25) is 0 Å². The summed E-state index contributed by atoms with van der Waals surface area (Å²) in [5.74, 6) is -0.0252. The Kier molecular flexibility index (Phi) is 3.61. The van der Waals surface area contributed by atoms with Gasteiger partial charge in [-0.2, -0.15) is 0 Å². The number of allylic oxidation sites excluding steroid dienone is 1. The van der Waals surface area contributed by atoms with Crippen molar-refractivity contribution in [2.24, 2.45) is 5.73 Å². The minimum absolute atomic E-state index is 0.0252. The highest BCUT2D eigenvalue weighted by atomic mass is 14.7. The van der Waals surface area contributed by atoms with Gasteiger partial charge in [-0.05, 0) is 17.7 Å². The zero-order chi connectivity index (χ0) is 10.4. The van der Waals surface area contributed by atoms with Crippen LogP contribution < -0.4 is 5.73 Å². The molecular weight excluding hydrogens is 174 g/mol. The van der Waals surface area contributed by atoms with Crippen molar-refractivity contribution in [1.29, 1.82) is 10.8 Å². The summed E-state index contributed by atoms with van der Waals surface area (Å²) in [5.41, 5.74) is 6.67. The van der Waals surface area contributed by atoms with E-state index in [-0.39, 0.29) is 5.84 Å². The Labute approximate surface area is 83.3 Å². The molecule has 0 radical (unpaired) electrons. The maximum absolute atomic E-state index is 7.58. The molecule has 0 spiro atoms. The van der Waals surface area contributed by atoms with Crippen LogP contribution in [0.1, 0.15) is 5.56 Å². The second-order valence-electron chi connectivity index (χ2n) is 2.98. The van der Waals surface area contributed by atoms with Gasteiger partial charge < -0.3 is 11.1 Å². The highest BCUT2D eigenvalue weighted by Gasteiger charge is 1.94. The second-order valence-corrected chi connectivity index (χ2v) is 2.98. The van der Waals surface area contributed by atoms with E-state index in [1.165, 1.54) is 6.08 Å². The Hall–Kier alpha value is -1.90. The van der Waals surface area contributed by atoms with Gasteiger partial charge in [0.15, 0.2) is 0 Å². The predicted octanol–water partition coefficient (Wildman–Crippen LogP) is 1.74. The zero-order valence-electron chi connectivity index (χ0n) is 7.83. The first-order valence-corrected chi connectivity index (χ1v) is 4.32. The van der Waals surface area contributed by atoms with Crippen LogP contribution in [0, 0.1) is 10.8 Å². The number of amidine groups is 1. The summed E-state index contributed by atoms with van der Waals surface area (Å²) in [6.45, 7) is 0. The van der Waals surface area contributed by atoms with Crippen LogP contribution in [0.4, 0.5) is 0 Å². The number of nitrogens with one attached hydrogen (secondary N) is 2. The number of hydrogen-bond acceptors (Lipinski definition) is 2. The molecule has 0 heterocycles. The molecule has 1 rings (SSSR count). The van der Waals surface area contributed by atoms with Crippen molar-refractivity contribution < 1.29 is 0 Å². The fourth-order valence-electron chi connectivity index (χ4n) is 1.07. The third-order valence-corrected chi connectivity index (χ3v) is 1.70. The molecule has 0 atom stereocenters. The summed E-state index contributed by atoms with van der Waals surface area (Å²) in [6, 6.07) is 9.76. The van der Waals surface area contributed by atoms with Crippen LogP contribution >= 0.6 is 0 Å². The highest BCUT2D eigenvalue weighted by Crippen LogP contribution is 2.00. The molecule has 0 aliphatic carbocycles. The van der Waals surface area contributed by atoms with Crippen LogP contribution in [0.15, 0.2) is 42.5 Å². The van der Waals surface area contributed by atoms with Crippen LogP contribution in [0.25, 0.3) is 0 Å². The minimum atomic E-state index is -0.0252. The van der Waals surface area contributed by atoms with Crippen molar-refractivity contribution in [3.05, 3.63) is 48.0 Å². The molecule has 3 nitrogen and oxygen atoms in total. The van der Waals surface area contributed by atoms with E-state index in [4.69, 9.17) is 16.6 Å². The molecule has 0 amide bonds. The average Bonchev–Trinajstić information content (AvgIpc) is 2.16. The molecule has 0 fully saturated rings. The largest absolute Gasteiger partial charge is 0.384 e. The van der Waals surface area contributed by atoms with Gasteiger partial charge in [0, 0.05) is 12.1 Å². The van der Waals surface area contributed by atoms with Crippen molar-refractivity contribution >= 4 is 11.5 Å². The quantitative estimate of drug-likeness (QED) is 0.487. The molecular formula is C11H13N3. The van der Waals surface area contributed by atoms with E-state index in [2.05, 4.69) is 0 Å². The van der Waals surface area contributed by atoms with Crippen LogP contribution in [0.3, 0.4) is 0 Å². The van der Waals surface area contributed by atoms with Gasteiger partial charge in [-0.25, -0.2) is 0 Å². The minimum Gasteiger partial charge on any atom is -0.384 e.